The highest BCUT2D eigenvalue weighted by molar-refractivity contribution is 7.10. The minimum atomic E-state index is -0.225. The number of aromatic amines is 1. The molecule has 172 valence electrons. The number of H-pyrrole nitrogens is 1. The van der Waals surface area contributed by atoms with Gasteiger partial charge in [0.2, 0.25) is 5.13 Å². The fourth-order valence-corrected chi connectivity index (χ4v) is 4.36. The van der Waals surface area contributed by atoms with Gasteiger partial charge < -0.3 is 10.6 Å². The highest BCUT2D eigenvalue weighted by Crippen LogP contribution is 2.33. The molecule has 34 heavy (non-hydrogen) atoms. The van der Waals surface area contributed by atoms with E-state index in [0.29, 0.717) is 27.4 Å². The fraction of sp³-hybridized carbons (Fsp3) is 0.174. The number of aryl methyl sites for hydroxylation is 1. The molecule has 0 bridgehead atoms. The molecule has 3 N–H and O–H groups in total. The van der Waals surface area contributed by atoms with Crippen LogP contribution in [0.5, 0.6) is 0 Å². The number of carbonyl (C=O) groups is 1. The maximum Gasteiger partial charge on any atom is 0.273 e. The number of benzene rings is 2. The Morgan fingerprint density at radius 1 is 1.21 bits per heavy atom. The van der Waals surface area contributed by atoms with E-state index in [1.807, 2.05) is 56.3 Å². The van der Waals surface area contributed by atoms with E-state index in [4.69, 9.17) is 11.6 Å². The number of rotatable bonds is 6. The van der Waals surface area contributed by atoms with Crippen LogP contribution in [0.3, 0.4) is 0 Å². The van der Waals surface area contributed by atoms with Gasteiger partial charge in [-0.2, -0.15) is 19.6 Å². The lowest BCUT2D eigenvalue weighted by Gasteiger charge is -2.06. The number of aromatic nitrogens is 6. The number of nitrogens with one attached hydrogen (secondary N) is 3. The van der Waals surface area contributed by atoms with Crippen LogP contribution in [0.2, 0.25) is 5.02 Å². The van der Waals surface area contributed by atoms with E-state index >= 15 is 0 Å². The molecule has 0 atom stereocenters. The quantitative estimate of drug-likeness (QED) is 0.285. The summed E-state index contributed by atoms with van der Waals surface area (Å²) in [6, 6.07) is 13.0. The zero-order valence-corrected chi connectivity index (χ0v) is 20.2. The van der Waals surface area contributed by atoms with Crippen molar-refractivity contribution in [3.8, 4) is 11.4 Å². The van der Waals surface area contributed by atoms with Gasteiger partial charge in [0.25, 0.3) is 5.91 Å². The zero-order chi connectivity index (χ0) is 23.8. The molecule has 0 saturated carbocycles. The summed E-state index contributed by atoms with van der Waals surface area (Å²) in [4.78, 5) is 17.4. The second-order valence-corrected chi connectivity index (χ2v) is 9.20. The van der Waals surface area contributed by atoms with Crippen LogP contribution in [0.4, 0.5) is 16.5 Å². The Balaban J connectivity index is 1.33. The third kappa shape index (κ3) is 4.25. The summed E-state index contributed by atoms with van der Waals surface area (Å²) in [5.74, 6) is 0.565. The summed E-state index contributed by atoms with van der Waals surface area (Å²) >= 11 is 7.72. The molecule has 0 aliphatic rings. The van der Waals surface area contributed by atoms with Crippen LogP contribution in [-0.2, 0) is 7.05 Å². The van der Waals surface area contributed by atoms with Gasteiger partial charge in [0.05, 0.1) is 28.1 Å². The molecule has 0 spiro atoms. The Hall–Kier alpha value is -3.76. The Morgan fingerprint density at radius 2 is 2.06 bits per heavy atom. The Morgan fingerprint density at radius 3 is 2.85 bits per heavy atom. The minimum Gasteiger partial charge on any atom is -0.329 e. The van der Waals surface area contributed by atoms with E-state index in [9.17, 15) is 4.79 Å². The Kier molecular flexibility index (Phi) is 5.76. The average molecular weight is 493 g/mol. The van der Waals surface area contributed by atoms with Crippen LogP contribution < -0.4 is 10.6 Å². The lowest BCUT2D eigenvalue weighted by atomic mass is 10.1. The third-order valence-corrected chi connectivity index (χ3v) is 6.37. The molecular formula is C23H21ClN8OS. The monoisotopic (exact) mass is 492 g/mol. The van der Waals surface area contributed by atoms with E-state index in [0.717, 1.165) is 27.8 Å². The summed E-state index contributed by atoms with van der Waals surface area (Å²) in [7, 11) is 1.77. The first-order valence-corrected chi connectivity index (χ1v) is 11.7. The summed E-state index contributed by atoms with van der Waals surface area (Å²) in [6.45, 7) is 4.09. The molecule has 0 fully saturated rings. The van der Waals surface area contributed by atoms with Crippen LogP contribution in [-0.4, -0.2) is 35.2 Å². The van der Waals surface area contributed by atoms with E-state index < -0.39 is 0 Å². The van der Waals surface area contributed by atoms with E-state index in [-0.39, 0.29) is 11.8 Å². The molecule has 0 aliphatic heterocycles. The van der Waals surface area contributed by atoms with E-state index in [2.05, 4.69) is 35.3 Å². The van der Waals surface area contributed by atoms with Crippen molar-refractivity contribution in [1.29, 1.82) is 0 Å². The van der Waals surface area contributed by atoms with Gasteiger partial charge in [-0.3, -0.25) is 14.6 Å². The van der Waals surface area contributed by atoms with Gasteiger partial charge in [-0.25, -0.2) is 0 Å². The van der Waals surface area contributed by atoms with Crippen molar-refractivity contribution in [3.63, 3.8) is 0 Å². The smallest absolute Gasteiger partial charge is 0.273 e. The number of anilines is 3. The molecule has 0 aliphatic carbocycles. The standard InChI is InChI=1S/C23H21ClN8OS/c1-12(2)18-10-19(32(3)30-18)22(33)26-14-6-4-5-13(9-14)21-28-23(34-31-21)27-17-8-7-16-15(20(17)24)11-25-29-16/h4-12H,1-3H3,(H,25,29)(H,26,33)(H,27,28,31). The second-order valence-electron chi connectivity index (χ2n) is 8.07. The van der Waals surface area contributed by atoms with Crippen molar-refractivity contribution in [1.82, 2.24) is 29.3 Å². The molecule has 2 aromatic carbocycles. The van der Waals surface area contributed by atoms with E-state index in [1.165, 1.54) is 11.5 Å². The van der Waals surface area contributed by atoms with Crippen molar-refractivity contribution in [3.05, 3.63) is 65.1 Å². The lowest BCUT2D eigenvalue weighted by molar-refractivity contribution is 0.101. The summed E-state index contributed by atoms with van der Waals surface area (Å²) in [5, 5.41) is 19.5. The number of fused-ring (bicyclic) bond motifs is 1. The van der Waals surface area contributed by atoms with Gasteiger partial charge in [0, 0.05) is 35.2 Å². The normalized spacial score (nSPS) is 11.3. The predicted molar refractivity (Wildman–Crippen MR) is 135 cm³/mol. The van der Waals surface area contributed by atoms with Gasteiger partial charge in [0.1, 0.15) is 5.69 Å². The number of amides is 1. The highest BCUT2D eigenvalue weighted by Gasteiger charge is 2.16. The maximum absolute atomic E-state index is 12.8. The molecule has 9 nitrogen and oxygen atoms in total. The molecule has 0 saturated heterocycles. The van der Waals surface area contributed by atoms with Crippen LogP contribution in [0.1, 0.15) is 35.9 Å². The first kappa shape index (κ1) is 22.1. The molecule has 0 unspecified atom stereocenters. The number of nitrogens with zero attached hydrogens (tertiary/aromatic N) is 5. The molecule has 5 rings (SSSR count). The molecule has 11 heteroatoms. The van der Waals surface area contributed by atoms with Gasteiger partial charge in [-0.05, 0) is 36.2 Å². The molecule has 5 aromatic rings. The average Bonchev–Trinajstić information content (AvgIpc) is 3.56. The van der Waals surface area contributed by atoms with Crippen molar-refractivity contribution in [2.75, 3.05) is 10.6 Å². The van der Waals surface area contributed by atoms with Crippen molar-refractivity contribution in [2.45, 2.75) is 19.8 Å². The topological polar surface area (TPSA) is 113 Å². The van der Waals surface area contributed by atoms with Gasteiger partial charge in [-0.15, -0.1) is 0 Å². The predicted octanol–water partition coefficient (Wildman–Crippen LogP) is 5.59. The summed E-state index contributed by atoms with van der Waals surface area (Å²) < 4.78 is 6.06. The molecule has 3 aromatic heterocycles. The maximum atomic E-state index is 12.8. The number of carbonyl (C=O) groups excluding carboxylic acids is 1. The Bertz CT molecular complexity index is 1500. The van der Waals surface area contributed by atoms with Crippen LogP contribution in [0.25, 0.3) is 22.3 Å². The lowest BCUT2D eigenvalue weighted by Crippen LogP contribution is -2.16. The van der Waals surface area contributed by atoms with Crippen molar-refractivity contribution < 1.29 is 4.79 Å². The van der Waals surface area contributed by atoms with Gasteiger partial charge >= 0.3 is 0 Å². The summed E-state index contributed by atoms with van der Waals surface area (Å²) in [6.07, 6.45) is 1.68. The van der Waals surface area contributed by atoms with Crippen LogP contribution in [0.15, 0.2) is 48.7 Å². The number of hydrogen-bond donors (Lipinski definition) is 3. The SMILES string of the molecule is CC(C)c1cc(C(=O)Nc2cccc(-c3nsc(Nc4ccc5[nH]ncc5c4Cl)n3)c2)n(C)n1. The number of hydrogen-bond acceptors (Lipinski definition) is 7. The van der Waals surface area contributed by atoms with E-state index in [1.54, 1.807) is 17.9 Å². The van der Waals surface area contributed by atoms with Crippen LogP contribution in [0, 0.1) is 0 Å². The largest absolute Gasteiger partial charge is 0.329 e. The van der Waals surface area contributed by atoms with Gasteiger partial charge in [-0.1, -0.05) is 37.6 Å². The fourth-order valence-electron chi connectivity index (χ4n) is 3.50. The Labute approximate surface area is 204 Å². The molecule has 1 amide bonds. The van der Waals surface area contributed by atoms with Crippen molar-refractivity contribution >= 4 is 56.4 Å². The molecular weight excluding hydrogens is 472 g/mol. The minimum absolute atomic E-state index is 0.225. The molecule has 3 heterocycles. The highest BCUT2D eigenvalue weighted by atomic mass is 35.5. The first-order valence-electron chi connectivity index (χ1n) is 10.6. The molecule has 0 radical (unpaired) electrons. The number of halogens is 1. The first-order chi connectivity index (χ1) is 16.4. The van der Waals surface area contributed by atoms with Crippen LogP contribution >= 0.6 is 23.1 Å². The second kappa shape index (κ2) is 8.88. The summed E-state index contributed by atoms with van der Waals surface area (Å²) in [5.41, 5.74) is 4.38. The third-order valence-electron chi connectivity index (χ3n) is 5.33. The van der Waals surface area contributed by atoms with Gasteiger partial charge in [0.15, 0.2) is 5.82 Å². The zero-order valence-electron chi connectivity index (χ0n) is 18.6. The van der Waals surface area contributed by atoms with Crippen molar-refractivity contribution in [2.24, 2.45) is 7.05 Å².